The predicted molar refractivity (Wildman–Crippen MR) is 87.4 cm³/mol. The summed E-state index contributed by atoms with van der Waals surface area (Å²) in [5, 5.41) is 15.9. The van der Waals surface area contributed by atoms with Gasteiger partial charge in [-0.25, -0.2) is 4.79 Å². The molecule has 0 unspecified atom stereocenters. The molecule has 1 heterocycles. The van der Waals surface area contributed by atoms with E-state index in [9.17, 15) is 9.59 Å². The van der Waals surface area contributed by atoms with Gasteiger partial charge in [0.2, 0.25) is 0 Å². The number of hydrogen-bond acceptors (Lipinski definition) is 4. The maximum absolute atomic E-state index is 12.0. The molecule has 0 bridgehead atoms. The molecule has 2 rings (SSSR count). The van der Waals surface area contributed by atoms with Crippen molar-refractivity contribution in [3.63, 3.8) is 0 Å². The van der Waals surface area contributed by atoms with Gasteiger partial charge in [-0.05, 0) is 25.5 Å². The quantitative estimate of drug-likeness (QED) is 0.813. The predicted octanol–water partition coefficient (Wildman–Crippen LogP) is 2.91. The van der Waals surface area contributed by atoms with Gasteiger partial charge in [0, 0.05) is 12.2 Å². The van der Waals surface area contributed by atoms with E-state index in [1.807, 2.05) is 44.2 Å². The number of nitrogens with one attached hydrogen (secondary N) is 1. The second-order valence-electron chi connectivity index (χ2n) is 5.65. The highest BCUT2D eigenvalue weighted by Gasteiger charge is 2.23. The smallest absolute Gasteiger partial charge is 0.408 e. The van der Waals surface area contributed by atoms with Crippen LogP contribution >= 0.6 is 0 Å². The van der Waals surface area contributed by atoms with Gasteiger partial charge in [-0.1, -0.05) is 30.3 Å². The van der Waals surface area contributed by atoms with Crippen molar-refractivity contribution in [1.29, 1.82) is 0 Å². The number of aromatic nitrogens is 2. The number of carbonyl (C=O) groups excluding carboxylic acids is 1. The number of rotatable bonds is 7. The van der Waals surface area contributed by atoms with E-state index >= 15 is 0 Å². The molecular weight excluding hydrogens is 310 g/mol. The zero-order chi connectivity index (χ0) is 17.5. The Bertz CT molecular complexity index is 682. The van der Waals surface area contributed by atoms with Crippen LogP contribution in [0.1, 0.15) is 43.6 Å². The Hall–Kier alpha value is -2.83. The lowest BCUT2D eigenvalue weighted by Gasteiger charge is -2.20. The highest BCUT2D eigenvalue weighted by atomic mass is 16.5. The average molecular weight is 331 g/mol. The number of nitrogens with zero attached hydrogens (tertiary/aromatic N) is 2. The molecule has 24 heavy (non-hydrogen) atoms. The molecule has 128 valence electrons. The molecule has 0 aliphatic carbocycles. The van der Waals surface area contributed by atoms with Crippen LogP contribution in [0.4, 0.5) is 4.79 Å². The van der Waals surface area contributed by atoms with Crippen LogP contribution in [0.3, 0.4) is 0 Å². The Morgan fingerprint density at radius 1 is 1.25 bits per heavy atom. The monoisotopic (exact) mass is 331 g/mol. The first kappa shape index (κ1) is 17.5. The van der Waals surface area contributed by atoms with Gasteiger partial charge in [-0.3, -0.25) is 9.48 Å². The van der Waals surface area contributed by atoms with Gasteiger partial charge < -0.3 is 15.2 Å². The Labute approximate surface area is 140 Å². The summed E-state index contributed by atoms with van der Waals surface area (Å²) in [4.78, 5) is 23.2. The minimum Gasteiger partial charge on any atom is -0.481 e. The molecule has 0 radical (unpaired) electrons. The molecule has 0 aliphatic rings. The fourth-order valence-corrected chi connectivity index (χ4v) is 2.34. The second-order valence-corrected chi connectivity index (χ2v) is 5.65. The Morgan fingerprint density at radius 3 is 2.58 bits per heavy atom. The second kappa shape index (κ2) is 8.14. The van der Waals surface area contributed by atoms with E-state index in [0.29, 0.717) is 5.69 Å². The molecule has 0 saturated heterocycles. The highest BCUT2D eigenvalue weighted by molar-refractivity contribution is 5.71. The molecule has 7 nitrogen and oxygen atoms in total. The SMILES string of the molecule is CC(C)n1nccc1[C@@H](CC(=O)O)NC(=O)OCc1ccccc1. The van der Waals surface area contributed by atoms with E-state index in [-0.39, 0.29) is 19.1 Å². The average Bonchev–Trinajstić information content (AvgIpc) is 3.03. The largest absolute Gasteiger partial charge is 0.481 e. The van der Waals surface area contributed by atoms with Gasteiger partial charge in [0.1, 0.15) is 6.61 Å². The van der Waals surface area contributed by atoms with Crippen molar-refractivity contribution in [2.24, 2.45) is 0 Å². The lowest BCUT2D eigenvalue weighted by molar-refractivity contribution is -0.137. The molecular formula is C17H21N3O4. The van der Waals surface area contributed by atoms with E-state index in [0.717, 1.165) is 5.56 Å². The van der Waals surface area contributed by atoms with Crippen molar-refractivity contribution in [1.82, 2.24) is 15.1 Å². The Kier molecular flexibility index (Phi) is 5.95. The maximum Gasteiger partial charge on any atom is 0.408 e. The summed E-state index contributed by atoms with van der Waals surface area (Å²) in [7, 11) is 0. The van der Waals surface area contributed by atoms with E-state index in [1.54, 1.807) is 16.9 Å². The third kappa shape index (κ3) is 4.84. The van der Waals surface area contributed by atoms with Crippen molar-refractivity contribution >= 4 is 12.1 Å². The first-order valence-corrected chi connectivity index (χ1v) is 7.69. The molecule has 1 aromatic heterocycles. The van der Waals surface area contributed by atoms with Crippen LogP contribution in [-0.2, 0) is 16.1 Å². The van der Waals surface area contributed by atoms with Gasteiger partial charge >= 0.3 is 12.1 Å². The van der Waals surface area contributed by atoms with Gasteiger partial charge in [-0.2, -0.15) is 5.10 Å². The zero-order valence-electron chi connectivity index (χ0n) is 13.7. The summed E-state index contributed by atoms with van der Waals surface area (Å²) in [6.07, 6.45) is 0.668. The van der Waals surface area contributed by atoms with Crippen molar-refractivity contribution < 1.29 is 19.4 Å². The summed E-state index contributed by atoms with van der Waals surface area (Å²) in [6.45, 7) is 3.99. The minimum atomic E-state index is -1.01. The lowest BCUT2D eigenvalue weighted by atomic mass is 10.1. The van der Waals surface area contributed by atoms with Crippen LogP contribution in [0.15, 0.2) is 42.6 Å². The van der Waals surface area contributed by atoms with E-state index < -0.39 is 18.1 Å². The lowest BCUT2D eigenvalue weighted by Crippen LogP contribution is -2.32. The number of aliphatic carboxylic acids is 1. The van der Waals surface area contributed by atoms with Gasteiger partial charge in [0.25, 0.3) is 0 Å². The molecule has 2 N–H and O–H groups in total. The third-order valence-electron chi connectivity index (χ3n) is 3.43. The fraction of sp³-hybridized carbons (Fsp3) is 0.353. The molecule has 1 atom stereocenters. The van der Waals surface area contributed by atoms with Crippen molar-refractivity contribution in [2.45, 2.75) is 39.0 Å². The third-order valence-corrected chi connectivity index (χ3v) is 3.43. The molecule has 7 heteroatoms. The first-order valence-electron chi connectivity index (χ1n) is 7.69. The van der Waals surface area contributed by atoms with Crippen LogP contribution in [0.5, 0.6) is 0 Å². The molecule has 2 aromatic rings. The summed E-state index contributed by atoms with van der Waals surface area (Å²) in [5.41, 5.74) is 1.48. The maximum atomic E-state index is 12.0. The number of benzene rings is 1. The fourth-order valence-electron chi connectivity index (χ4n) is 2.34. The van der Waals surface area contributed by atoms with Crippen molar-refractivity contribution in [2.75, 3.05) is 0 Å². The summed E-state index contributed by atoms with van der Waals surface area (Å²) >= 11 is 0. The number of carboxylic acids is 1. The number of alkyl carbamates (subject to hydrolysis) is 1. The van der Waals surface area contributed by atoms with Crippen LogP contribution in [0.25, 0.3) is 0 Å². The first-order chi connectivity index (χ1) is 11.5. The van der Waals surface area contributed by atoms with Crippen molar-refractivity contribution in [3.05, 3.63) is 53.9 Å². The van der Waals surface area contributed by atoms with Crippen molar-refractivity contribution in [3.8, 4) is 0 Å². The zero-order valence-corrected chi connectivity index (χ0v) is 13.7. The molecule has 1 aromatic carbocycles. The summed E-state index contributed by atoms with van der Waals surface area (Å²) in [6, 6.07) is 10.3. The molecule has 0 spiro atoms. The van der Waals surface area contributed by atoms with Gasteiger partial charge in [-0.15, -0.1) is 0 Å². The Morgan fingerprint density at radius 2 is 1.96 bits per heavy atom. The number of ether oxygens (including phenoxy) is 1. The van der Waals surface area contributed by atoms with Gasteiger partial charge in [0.05, 0.1) is 18.2 Å². The summed E-state index contributed by atoms with van der Waals surface area (Å²) in [5.74, 6) is -1.01. The molecule has 1 amide bonds. The molecule has 0 saturated carbocycles. The number of hydrogen-bond donors (Lipinski definition) is 2. The Balaban J connectivity index is 2.04. The topological polar surface area (TPSA) is 93.5 Å². The van der Waals surface area contributed by atoms with E-state index in [2.05, 4.69) is 10.4 Å². The highest BCUT2D eigenvalue weighted by Crippen LogP contribution is 2.20. The van der Waals surface area contributed by atoms with E-state index in [4.69, 9.17) is 9.84 Å². The number of carboxylic acid groups (broad SMARTS) is 1. The number of carbonyl (C=O) groups is 2. The standard InChI is InChI=1S/C17H21N3O4/c1-12(2)20-15(8-9-18-20)14(10-16(21)22)19-17(23)24-11-13-6-4-3-5-7-13/h3-9,12,14H,10-11H2,1-2H3,(H,19,23)(H,21,22)/t14-/m1/s1. The number of amides is 1. The molecule has 0 aliphatic heterocycles. The van der Waals surface area contributed by atoms with Crippen LogP contribution in [0, 0.1) is 0 Å². The normalized spacial score (nSPS) is 12.0. The minimum absolute atomic E-state index is 0.0495. The van der Waals surface area contributed by atoms with Gasteiger partial charge in [0.15, 0.2) is 0 Å². The van der Waals surface area contributed by atoms with E-state index in [1.165, 1.54) is 0 Å². The molecule has 0 fully saturated rings. The summed E-state index contributed by atoms with van der Waals surface area (Å²) < 4.78 is 6.85. The van der Waals surface area contributed by atoms with Crippen LogP contribution in [0.2, 0.25) is 0 Å². The van der Waals surface area contributed by atoms with Crippen LogP contribution < -0.4 is 5.32 Å². The van der Waals surface area contributed by atoms with Crippen LogP contribution in [-0.4, -0.2) is 26.9 Å².